The molecule has 6 nitrogen and oxygen atoms in total. The van der Waals surface area contributed by atoms with Crippen LogP contribution in [0.1, 0.15) is 47.5 Å². The highest BCUT2D eigenvalue weighted by Crippen LogP contribution is 2.12. The van der Waals surface area contributed by atoms with Crippen LogP contribution in [0.4, 0.5) is 4.79 Å². The lowest BCUT2D eigenvalue weighted by molar-refractivity contribution is 0.0471. The largest absolute Gasteiger partial charge is 0.444 e. The number of nitrogens with one attached hydrogen (secondary N) is 1. The van der Waals surface area contributed by atoms with E-state index in [1.165, 1.54) is 0 Å². The molecule has 6 heteroatoms. The predicted molar refractivity (Wildman–Crippen MR) is 90.0 cm³/mol. The topological polar surface area (TPSA) is 76.8 Å². The minimum atomic E-state index is -0.493. The highest BCUT2D eigenvalue weighted by molar-refractivity contribution is 5.67. The number of carbonyl (C=O) groups excluding carboxylic acids is 1. The highest BCUT2D eigenvalue weighted by atomic mass is 16.6. The Morgan fingerprint density at radius 3 is 2.23 bits per heavy atom. The van der Waals surface area contributed by atoms with Crippen LogP contribution >= 0.6 is 0 Å². The molecule has 0 aliphatic rings. The number of methoxy groups -OCH3 is 1. The standard InChI is InChI=1S/C16H35N3O3/c1-7-13(8-2)19(9-10-21-6)14(11-17)12-18-15(20)22-16(3,4)5/h13-14H,7-12,17H2,1-6H3,(H,18,20). The van der Waals surface area contributed by atoms with E-state index >= 15 is 0 Å². The van der Waals surface area contributed by atoms with Crippen LogP contribution in [0.3, 0.4) is 0 Å². The van der Waals surface area contributed by atoms with Gasteiger partial charge in [-0.15, -0.1) is 0 Å². The molecule has 0 aromatic heterocycles. The quantitative estimate of drug-likeness (QED) is 0.644. The number of alkyl carbamates (subject to hydrolysis) is 1. The Morgan fingerprint density at radius 2 is 1.82 bits per heavy atom. The molecule has 0 aliphatic heterocycles. The van der Waals surface area contributed by atoms with Crippen LogP contribution < -0.4 is 11.1 Å². The van der Waals surface area contributed by atoms with Crippen LogP contribution in [-0.2, 0) is 9.47 Å². The molecule has 1 amide bonds. The Morgan fingerprint density at radius 1 is 1.23 bits per heavy atom. The Labute approximate surface area is 135 Å². The zero-order valence-electron chi connectivity index (χ0n) is 15.1. The molecule has 0 rings (SSSR count). The van der Waals surface area contributed by atoms with E-state index < -0.39 is 11.7 Å². The number of hydrogen-bond donors (Lipinski definition) is 2. The van der Waals surface area contributed by atoms with Crippen LogP contribution in [0.25, 0.3) is 0 Å². The first-order chi connectivity index (χ1) is 10.3. The molecule has 0 saturated carbocycles. The van der Waals surface area contributed by atoms with Crippen LogP contribution in [-0.4, -0.2) is 62.0 Å². The second-order valence-electron chi connectivity index (χ2n) is 6.47. The van der Waals surface area contributed by atoms with Gasteiger partial charge in [-0.1, -0.05) is 13.8 Å². The lowest BCUT2D eigenvalue weighted by Crippen LogP contribution is -2.53. The molecule has 0 heterocycles. The first-order valence-electron chi connectivity index (χ1n) is 8.20. The van der Waals surface area contributed by atoms with E-state index in [0.717, 1.165) is 19.4 Å². The fourth-order valence-electron chi connectivity index (χ4n) is 2.47. The number of rotatable bonds is 10. The fraction of sp³-hybridized carbons (Fsp3) is 0.938. The summed E-state index contributed by atoms with van der Waals surface area (Å²) < 4.78 is 10.5. The third-order valence-electron chi connectivity index (χ3n) is 3.59. The van der Waals surface area contributed by atoms with Gasteiger partial charge in [-0.3, -0.25) is 4.90 Å². The summed E-state index contributed by atoms with van der Waals surface area (Å²) in [6, 6.07) is 0.511. The van der Waals surface area contributed by atoms with Crippen molar-refractivity contribution in [2.24, 2.45) is 5.73 Å². The van der Waals surface area contributed by atoms with Gasteiger partial charge in [0, 0.05) is 38.8 Å². The van der Waals surface area contributed by atoms with E-state index in [1.807, 2.05) is 20.8 Å². The van der Waals surface area contributed by atoms with E-state index in [4.69, 9.17) is 15.2 Å². The number of nitrogens with two attached hydrogens (primary N) is 1. The van der Waals surface area contributed by atoms with Crippen molar-refractivity contribution in [1.82, 2.24) is 10.2 Å². The maximum atomic E-state index is 11.8. The van der Waals surface area contributed by atoms with Crippen molar-refractivity contribution in [3.8, 4) is 0 Å². The van der Waals surface area contributed by atoms with E-state index in [1.54, 1.807) is 7.11 Å². The molecule has 0 fully saturated rings. The molecule has 1 unspecified atom stereocenters. The average Bonchev–Trinajstić information content (AvgIpc) is 2.43. The lowest BCUT2D eigenvalue weighted by Gasteiger charge is -2.37. The molecule has 0 bridgehead atoms. The summed E-state index contributed by atoms with van der Waals surface area (Å²) in [6.07, 6.45) is 1.69. The Kier molecular flexibility index (Phi) is 10.4. The second-order valence-corrected chi connectivity index (χ2v) is 6.47. The zero-order valence-corrected chi connectivity index (χ0v) is 15.1. The van der Waals surface area contributed by atoms with Gasteiger partial charge >= 0.3 is 6.09 Å². The van der Waals surface area contributed by atoms with Gasteiger partial charge in [0.15, 0.2) is 0 Å². The van der Waals surface area contributed by atoms with Crippen molar-refractivity contribution in [3.05, 3.63) is 0 Å². The number of amides is 1. The van der Waals surface area contributed by atoms with Gasteiger partial charge in [-0.05, 0) is 33.6 Å². The van der Waals surface area contributed by atoms with Crippen LogP contribution in [0.2, 0.25) is 0 Å². The van der Waals surface area contributed by atoms with Crippen molar-refractivity contribution in [3.63, 3.8) is 0 Å². The molecule has 0 radical (unpaired) electrons. The monoisotopic (exact) mass is 317 g/mol. The number of ether oxygens (including phenoxy) is 2. The zero-order chi connectivity index (χ0) is 17.2. The van der Waals surface area contributed by atoms with Crippen molar-refractivity contribution in [2.75, 3.05) is 33.4 Å². The molecular formula is C16H35N3O3. The first-order valence-corrected chi connectivity index (χ1v) is 8.20. The molecule has 0 aromatic carbocycles. The van der Waals surface area contributed by atoms with Gasteiger partial charge in [-0.2, -0.15) is 0 Å². The lowest BCUT2D eigenvalue weighted by atomic mass is 10.1. The second kappa shape index (κ2) is 10.8. The molecule has 0 aliphatic carbocycles. The molecule has 0 aromatic rings. The van der Waals surface area contributed by atoms with E-state index in [9.17, 15) is 4.79 Å². The van der Waals surface area contributed by atoms with Crippen molar-refractivity contribution in [1.29, 1.82) is 0 Å². The molecule has 132 valence electrons. The predicted octanol–water partition coefficient (Wildman–Crippen LogP) is 1.98. The molecule has 0 saturated heterocycles. The molecule has 1 atom stereocenters. The molecule has 22 heavy (non-hydrogen) atoms. The number of nitrogens with zero attached hydrogens (tertiary/aromatic N) is 1. The van der Waals surface area contributed by atoms with Gasteiger partial charge in [0.25, 0.3) is 0 Å². The smallest absolute Gasteiger partial charge is 0.407 e. The fourth-order valence-corrected chi connectivity index (χ4v) is 2.47. The number of carbonyl (C=O) groups is 1. The maximum absolute atomic E-state index is 11.8. The van der Waals surface area contributed by atoms with Crippen molar-refractivity contribution >= 4 is 6.09 Å². The van der Waals surface area contributed by atoms with Crippen LogP contribution in [0.15, 0.2) is 0 Å². The van der Waals surface area contributed by atoms with Gasteiger partial charge < -0.3 is 20.5 Å². The van der Waals surface area contributed by atoms with E-state index in [-0.39, 0.29) is 6.04 Å². The van der Waals surface area contributed by atoms with Crippen LogP contribution in [0.5, 0.6) is 0 Å². The first kappa shape index (κ1) is 21.1. The Balaban J connectivity index is 4.67. The van der Waals surface area contributed by atoms with Gasteiger partial charge in [-0.25, -0.2) is 4.79 Å². The van der Waals surface area contributed by atoms with E-state index in [0.29, 0.717) is 25.7 Å². The summed E-state index contributed by atoms with van der Waals surface area (Å²) in [7, 11) is 1.70. The molecule has 3 N–H and O–H groups in total. The summed E-state index contributed by atoms with van der Waals surface area (Å²) in [5.41, 5.74) is 5.44. The summed E-state index contributed by atoms with van der Waals surface area (Å²) in [6.45, 7) is 12.3. The number of hydrogen-bond acceptors (Lipinski definition) is 5. The maximum Gasteiger partial charge on any atom is 0.407 e. The Hall–Kier alpha value is -0.850. The highest BCUT2D eigenvalue weighted by Gasteiger charge is 2.24. The molecular weight excluding hydrogens is 282 g/mol. The van der Waals surface area contributed by atoms with Crippen molar-refractivity contribution < 1.29 is 14.3 Å². The average molecular weight is 317 g/mol. The minimum absolute atomic E-state index is 0.0765. The summed E-state index contributed by atoms with van der Waals surface area (Å²) in [4.78, 5) is 14.1. The third-order valence-corrected chi connectivity index (χ3v) is 3.59. The van der Waals surface area contributed by atoms with E-state index in [2.05, 4.69) is 24.1 Å². The van der Waals surface area contributed by atoms with Crippen LogP contribution in [0, 0.1) is 0 Å². The minimum Gasteiger partial charge on any atom is -0.444 e. The van der Waals surface area contributed by atoms with Gasteiger partial charge in [0.2, 0.25) is 0 Å². The SMILES string of the molecule is CCC(CC)N(CCOC)C(CN)CNC(=O)OC(C)(C)C. The Bertz CT molecular complexity index is 302. The van der Waals surface area contributed by atoms with Gasteiger partial charge in [0.1, 0.15) is 5.60 Å². The normalized spacial score (nSPS) is 13.5. The van der Waals surface area contributed by atoms with Gasteiger partial charge in [0.05, 0.1) is 6.61 Å². The third kappa shape index (κ3) is 8.56. The van der Waals surface area contributed by atoms with Crippen molar-refractivity contribution in [2.45, 2.75) is 65.1 Å². The summed E-state index contributed by atoms with van der Waals surface area (Å²) >= 11 is 0. The summed E-state index contributed by atoms with van der Waals surface area (Å²) in [5, 5.41) is 2.83. The summed E-state index contributed by atoms with van der Waals surface area (Å²) in [5.74, 6) is 0. The molecule has 0 spiro atoms.